The van der Waals surface area contributed by atoms with Crippen LogP contribution >= 0.6 is 15.9 Å². The van der Waals surface area contributed by atoms with Crippen molar-refractivity contribution in [2.75, 3.05) is 17.1 Å². The van der Waals surface area contributed by atoms with Gasteiger partial charge in [0.25, 0.3) is 0 Å². The minimum Gasteiger partial charge on any atom is -0.352 e. The Kier molecular flexibility index (Phi) is 10.1. The van der Waals surface area contributed by atoms with E-state index in [1.165, 1.54) is 4.90 Å². The predicted octanol–water partition coefficient (Wildman–Crippen LogP) is 4.69. The van der Waals surface area contributed by atoms with Crippen molar-refractivity contribution in [3.63, 3.8) is 0 Å². The molecular formula is C29H34BrN3O4S. The lowest BCUT2D eigenvalue weighted by molar-refractivity contribution is -0.140. The van der Waals surface area contributed by atoms with Gasteiger partial charge in [0.1, 0.15) is 12.6 Å². The van der Waals surface area contributed by atoms with E-state index in [0.29, 0.717) is 10.2 Å². The summed E-state index contributed by atoms with van der Waals surface area (Å²) in [6, 6.07) is 23.0. The number of nitrogens with one attached hydrogen (secondary N) is 1. The highest BCUT2D eigenvalue weighted by molar-refractivity contribution is 9.10. The van der Waals surface area contributed by atoms with Crippen molar-refractivity contribution in [2.24, 2.45) is 0 Å². The molecule has 3 aromatic rings. The number of carbonyl (C=O) groups is 2. The molecule has 0 aliphatic rings. The third kappa shape index (κ3) is 8.43. The van der Waals surface area contributed by atoms with Crippen molar-refractivity contribution < 1.29 is 18.0 Å². The highest BCUT2D eigenvalue weighted by Gasteiger charge is 2.33. The molecule has 9 heteroatoms. The number of benzene rings is 3. The first kappa shape index (κ1) is 29.4. The number of hydrogen-bond donors (Lipinski definition) is 1. The summed E-state index contributed by atoms with van der Waals surface area (Å²) >= 11 is 3.37. The quantitative estimate of drug-likeness (QED) is 0.346. The van der Waals surface area contributed by atoms with Gasteiger partial charge >= 0.3 is 0 Å². The van der Waals surface area contributed by atoms with E-state index in [2.05, 4.69) is 21.2 Å². The molecule has 0 spiro atoms. The molecule has 0 saturated heterocycles. The predicted molar refractivity (Wildman–Crippen MR) is 155 cm³/mol. The molecule has 0 bridgehead atoms. The van der Waals surface area contributed by atoms with Crippen LogP contribution < -0.4 is 9.62 Å². The number of anilines is 1. The second-order valence-corrected chi connectivity index (χ2v) is 12.4. The first-order valence-corrected chi connectivity index (χ1v) is 15.0. The molecule has 1 N–H and O–H groups in total. The lowest BCUT2D eigenvalue weighted by Crippen LogP contribution is -2.54. The molecule has 0 saturated carbocycles. The molecule has 38 heavy (non-hydrogen) atoms. The van der Waals surface area contributed by atoms with Crippen molar-refractivity contribution >= 4 is 43.5 Å². The van der Waals surface area contributed by atoms with Gasteiger partial charge in [-0.3, -0.25) is 13.9 Å². The van der Waals surface area contributed by atoms with Crippen LogP contribution in [0.2, 0.25) is 0 Å². The third-order valence-electron chi connectivity index (χ3n) is 5.95. The van der Waals surface area contributed by atoms with Crippen LogP contribution in [0.25, 0.3) is 0 Å². The summed E-state index contributed by atoms with van der Waals surface area (Å²) in [6.45, 7) is 5.41. The number of rotatable bonds is 11. The molecule has 0 aliphatic heterocycles. The van der Waals surface area contributed by atoms with E-state index in [-0.39, 0.29) is 24.9 Å². The molecule has 0 aromatic heterocycles. The fraction of sp³-hybridized carbons (Fsp3) is 0.310. The monoisotopic (exact) mass is 599 g/mol. The van der Waals surface area contributed by atoms with Crippen LogP contribution in [0.3, 0.4) is 0 Å². The van der Waals surface area contributed by atoms with Crippen LogP contribution in [0.1, 0.15) is 30.5 Å². The number of carbonyl (C=O) groups excluding carboxylic acids is 2. The molecule has 202 valence electrons. The topological polar surface area (TPSA) is 86.8 Å². The van der Waals surface area contributed by atoms with E-state index < -0.39 is 28.5 Å². The molecule has 3 rings (SSSR count). The van der Waals surface area contributed by atoms with Crippen LogP contribution in [0, 0.1) is 6.92 Å². The summed E-state index contributed by atoms with van der Waals surface area (Å²) in [5.41, 5.74) is 3.16. The first-order valence-electron chi connectivity index (χ1n) is 12.4. The van der Waals surface area contributed by atoms with E-state index >= 15 is 0 Å². The second-order valence-electron chi connectivity index (χ2n) is 9.63. The standard InChI is InChI=1S/C29H34BrN3O4S/c1-21(2)31-29(35)27(17-23-9-6-5-7-10-23)32(19-24-15-13-22(3)14-16-24)28(34)20-33(38(4,36)37)26-12-8-11-25(30)18-26/h5-16,18,21,27H,17,19-20H2,1-4H3,(H,31,35). The average Bonchev–Trinajstić information content (AvgIpc) is 2.85. The Morgan fingerprint density at radius 2 is 1.58 bits per heavy atom. The van der Waals surface area contributed by atoms with Crippen molar-refractivity contribution in [1.29, 1.82) is 0 Å². The Balaban J connectivity index is 2.05. The van der Waals surface area contributed by atoms with E-state index in [9.17, 15) is 18.0 Å². The van der Waals surface area contributed by atoms with Crippen molar-refractivity contribution in [3.05, 3.63) is 100 Å². The Morgan fingerprint density at radius 1 is 0.921 bits per heavy atom. The Morgan fingerprint density at radius 3 is 2.16 bits per heavy atom. The maximum atomic E-state index is 14.0. The maximum Gasteiger partial charge on any atom is 0.244 e. The SMILES string of the molecule is Cc1ccc(CN(C(=O)CN(c2cccc(Br)c2)S(C)(=O)=O)C(Cc2ccccc2)C(=O)NC(C)C)cc1. The van der Waals surface area contributed by atoms with E-state index in [4.69, 9.17) is 0 Å². The smallest absolute Gasteiger partial charge is 0.244 e. The number of hydrogen-bond acceptors (Lipinski definition) is 4. The van der Waals surface area contributed by atoms with Crippen molar-refractivity contribution in [1.82, 2.24) is 10.2 Å². The van der Waals surface area contributed by atoms with Crippen LogP contribution in [0.5, 0.6) is 0 Å². The molecule has 0 heterocycles. The molecule has 3 aromatic carbocycles. The number of amides is 2. The Bertz CT molecular complexity index is 1350. The van der Waals surface area contributed by atoms with Gasteiger partial charge in [-0.2, -0.15) is 0 Å². The van der Waals surface area contributed by atoms with Gasteiger partial charge < -0.3 is 10.2 Å². The molecule has 1 atom stereocenters. The summed E-state index contributed by atoms with van der Waals surface area (Å²) in [5.74, 6) is -0.770. The molecule has 0 aliphatic carbocycles. The van der Waals surface area contributed by atoms with Crippen LogP contribution in [-0.2, 0) is 32.6 Å². The molecule has 0 fully saturated rings. The Hall–Kier alpha value is -3.17. The second kappa shape index (κ2) is 13.1. The molecule has 0 radical (unpaired) electrons. The first-order chi connectivity index (χ1) is 17.9. The van der Waals surface area contributed by atoms with E-state index in [1.807, 2.05) is 75.4 Å². The molecule has 2 amide bonds. The summed E-state index contributed by atoms with van der Waals surface area (Å²) in [4.78, 5) is 29.0. The van der Waals surface area contributed by atoms with Gasteiger partial charge in [0.15, 0.2) is 0 Å². The minimum atomic E-state index is -3.80. The van der Waals surface area contributed by atoms with Crippen molar-refractivity contribution in [2.45, 2.75) is 45.8 Å². The fourth-order valence-corrected chi connectivity index (χ4v) is 5.30. The van der Waals surface area contributed by atoms with Gasteiger partial charge in [0, 0.05) is 23.5 Å². The highest BCUT2D eigenvalue weighted by atomic mass is 79.9. The lowest BCUT2D eigenvalue weighted by atomic mass is 10.0. The van der Waals surface area contributed by atoms with Gasteiger partial charge in [-0.15, -0.1) is 0 Å². The zero-order chi connectivity index (χ0) is 27.9. The summed E-state index contributed by atoms with van der Waals surface area (Å²) in [5, 5.41) is 2.95. The molecular weight excluding hydrogens is 566 g/mol. The maximum absolute atomic E-state index is 14.0. The average molecular weight is 601 g/mol. The van der Waals surface area contributed by atoms with Gasteiger partial charge in [-0.05, 0) is 50.1 Å². The van der Waals surface area contributed by atoms with E-state index in [1.54, 1.807) is 24.3 Å². The van der Waals surface area contributed by atoms with Gasteiger partial charge in [0.05, 0.1) is 11.9 Å². The third-order valence-corrected chi connectivity index (χ3v) is 7.58. The summed E-state index contributed by atoms with van der Waals surface area (Å²) < 4.78 is 27.4. The summed E-state index contributed by atoms with van der Waals surface area (Å²) in [7, 11) is -3.80. The molecule has 1 unspecified atom stereocenters. The minimum absolute atomic E-state index is 0.133. The van der Waals surface area contributed by atoms with Gasteiger partial charge in [0.2, 0.25) is 21.8 Å². The summed E-state index contributed by atoms with van der Waals surface area (Å²) in [6.07, 6.45) is 1.35. The largest absolute Gasteiger partial charge is 0.352 e. The Labute approximate surface area is 234 Å². The van der Waals surface area contributed by atoms with Gasteiger partial charge in [-0.1, -0.05) is 82.2 Å². The number of aryl methyl sites for hydroxylation is 1. The highest BCUT2D eigenvalue weighted by Crippen LogP contribution is 2.23. The zero-order valence-corrected chi connectivity index (χ0v) is 24.5. The van der Waals surface area contributed by atoms with E-state index in [0.717, 1.165) is 27.3 Å². The number of nitrogens with zero attached hydrogens (tertiary/aromatic N) is 2. The molecule has 7 nitrogen and oxygen atoms in total. The van der Waals surface area contributed by atoms with Crippen LogP contribution in [-0.4, -0.2) is 50.0 Å². The number of halogens is 1. The zero-order valence-electron chi connectivity index (χ0n) is 22.1. The fourth-order valence-electron chi connectivity index (χ4n) is 4.07. The van der Waals surface area contributed by atoms with Gasteiger partial charge in [-0.25, -0.2) is 8.42 Å². The van der Waals surface area contributed by atoms with Crippen molar-refractivity contribution in [3.8, 4) is 0 Å². The van der Waals surface area contributed by atoms with Crippen LogP contribution in [0.4, 0.5) is 5.69 Å². The lowest BCUT2D eigenvalue weighted by Gasteiger charge is -2.34. The normalized spacial score (nSPS) is 12.2. The number of sulfonamides is 1. The van der Waals surface area contributed by atoms with Crippen LogP contribution in [0.15, 0.2) is 83.3 Å².